The summed E-state index contributed by atoms with van der Waals surface area (Å²) >= 11 is 0. The van der Waals surface area contributed by atoms with Crippen LogP contribution in [0.5, 0.6) is 0 Å². The van der Waals surface area contributed by atoms with Gasteiger partial charge in [0.05, 0.1) is 6.92 Å². The van der Waals surface area contributed by atoms with Crippen molar-refractivity contribution in [1.29, 1.82) is 0 Å². The molecule has 0 aliphatic rings. The summed E-state index contributed by atoms with van der Waals surface area (Å²) in [6.07, 6.45) is 0. The van der Waals surface area contributed by atoms with E-state index in [1.54, 1.807) is 0 Å². The van der Waals surface area contributed by atoms with Crippen LogP contribution < -0.4 is 0 Å². The molecule has 0 atom stereocenters. The average Bonchev–Trinajstić information content (AvgIpc) is 0.811. The van der Waals surface area contributed by atoms with E-state index in [1.807, 2.05) is 0 Å². The first kappa shape index (κ1) is 15.9. The van der Waals surface area contributed by atoms with Gasteiger partial charge in [-0.05, 0) is 0 Å². The van der Waals surface area contributed by atoms with Gasteiger partial charge in [-0.25, -0.2) is 0 Å². The van der Waals surface area contributed by atoms with E-state index < -0.39 is 5.97 Å². The standard InChI is InChI=1S/C2H3O2.Ca.H2O.2H/c1-2(3)4;;;;/h1H2,(H,3,4);;1H2;;. The number of carbonyl (C=O) groups is 1. The van der Waals surface area contributed by atoms with Crippen molar-refractivity contribution in [1.82, 2.24) is 0 Å². The van der Waals surface area contributed by atoms with E-state index in [9.17, 15) is 0 Å². The van der Waals surface area contributed by atoms with Crippen molar-refractivity contribution in [2.75, 3.05) is 0 Å². The van der Waals surface area contributed by atoms with E-state index in [-0.39, 0.29) is 43.2 Å². The van der Waals surface area contributed by atoms with E-state index >= 15 is 0 Å². The van der Waals surface area contributed by atoms with Gasteiger partial charge in [-0.1, -0.05) is 0 Å². The Morgan fingerprint density at radius 1 is 1.67 bits per heavy atom. The molecule has 0 aliphatic heterocycles. The van der Waals surface area contributed by atoms with E-state index in [1.165, 1.54) is 0 Å². The second-order valence-electron chi connectivity index (χ2n) is 0.394. The SMILES string of the molecule is O.[CH2]C(=O)O.[CaH2]. The molecule has 0 fully saturated rings. The Labute approximate surface area is 65.7 Å². The molecule has 0 aromatic heterocycles. The molecule has 0 unspecified atom stereocenters. The quantitative estimate of drug-likeness (QED) is 0.381. The summed E-state index contributed by atoms with van der Waals surface area (Å²) in [6.45, 7) is 2.56. The third-order valence-corrected chi connectivity index (χ3v) is 0. The summed E-state index contributed by atoms with van der Waals surface area (Å²) in [6, 6.07) is 0. The number of aliphatic carboxylic acids is 1. The topological polar surface area (TPSA) is 68.8 Å². The van der Waals surface area contributed by atoms with Crippen LogP contribution in [0.15, 0.2) is 0 Å². The molecule has 1 radical (unpaired) electrons. The van der Waals surface area contributed by atoms with E-state index in [4.69, 9.17) is 9.90 Å². The van der Waals surface area contributed by atoms with Gasteiger partial charge in [0, 0.05) is 0 Å². The fourth-order valence-corrected chi connectivity index (χ4v) is 0. The van der Waals surface area contributed by atoms with Crippen LogP contribution in [0.1, 0.15) is 0 Å². The second-order valence-corrected chi connectivity index (χ2v) is 0.394. The van der Waals surface area contributed by atoms with Gasteiger partial charge >= 0.3 is 43.7 Å². The Morgan fingerprint density at radius 2 is 1.67 bits per heavy atom. The number of hydrogen-bond acceptors (Lipinski definition) is 1. The van der Waals surface area contributed by atoms with Crippen LogP contribution in [0.2, 0.25) is 0 Å². The molecule has 3 N–H and O–H groups in total. The molecule has 0 bridgehead atoms. The van der Waals surface area contributed by atoms with Crippen LogP contribution in [0.4, 0.5) is 0 Å². The predicted molar refractivity (Wildman–Crippen MR) is 25.2 cm³/mol. The maximum atomic E-state index is 8.89. The third kappa shape index (κ3) is 134. The zero-order chi connectivity index (χ0) is 3.58. The van der Waals surface area contributed by atoms with Gasteiger partial charge in [-0.2, -0.15) is 0 Å². The van der Waals surface area contributed by atoms with Gasteiger partial charge in [0.15, 0.2) is 0 Å². The van der Waals surface area contributed by atoms with Gasteiger partial charge in [0.25, 0.3) is 0 Å². The van der Waals surface area contributed by atoms with Gasteiger partial charge < -0.3 is 10.6 Å². The van der Waals surface area contributed by atoms with E-state index in [0.717, 1.165) is 0 Å². The van der Waals surface area contributed by atoms with Crippen molar-refractivity contribution in [3.8, 4) is 0 Å². The molecule has 3 nitrogen and oxygen atoms in total. The molecule has 0 saturated carbocycles. The Morgan fingerprint density at radius 3 is 1.67 bits per heavy atom. The molecule has 0 aromatic carbocycles. The van der Waals surface area contributed by atoms with Crippen molar-refractivity contribution < 1.29 is 15.4 Å². The fraction of sp³-hybridized carbons (Fsp3) is 0. The maximum absolute atomic E-state index is 8.89. The normalized spacial score (nSPS) is 4.17. The summed E-state index contributed by atoms with van der Waals surface area (Å²) in [5, 5.41) is 7.31. The van der Waals surface area contributed by atoms with E-state index in [2.05, 4.69) is 6.92 Å². The number of hydrogen-bond donors (Lipinski definition) is 1. The predicted octanol–water partition coefficient (Wildman–Crippen LogP) is -1.84. The van der Waals surface area contributed by atoms with Crippen molar-refractivity contribution >= 4 is 43.7 Å². The zero-order valence-corrected chi connectivity index (χ0v) is 2.56. The van der Waals surface area contributed by atoms with Crippen LogP contribution in [0.3, 0.4) is 0 Å². The van der Waals surface area contributed by atoms with Gasteiger partial charge in [-0.3, -0.25) is 4.79 Å². The molecule has 0 heterocycles. The van der Waals surface area contributed by atoms with Crippen molar-refractivity contribution in [3.05, 3.63) is 6.92 Å². The summed E-state index contributed by atoms with van der Waals surface area (Å²) in [4.78, 5) is 8.89. The first-order valence-electron chi connectivity index (χ1n) is 0.781. The second kappa shape index (κ2) is 9.19. The summed E-state index contributed by atoms with van der Waals surface area (Å²) in [5.74, 6) is -1.08. The molecule has 4 heteroatoms. The van der Waals surface area contributed by atoms with Crippen molar-refractivity contribution in [2.24, 2.45) is 0 Å². The first-order valence-corrected chi connectivity index (χ1v) is 0.781. The van der Waals surface area contributed by atoms with Crippen LogP contribution in [0, 0.1) is 6.92 Å². The monoisotopic (exact) mass is 119 g/mol. The Balaban J connectivity index is -0.0000000450. The molecule has 0 amide bonds. The molecular weight excluding hydrogens is 112 g/mol. The van der Waals surface area contributed by atoms with Crippen LogP contribution in [-0.2, 0) is 4.79 Å². The molecule has 0 spiro atoms. The molecular formula is C2H7CaO3. The van der Waals surface area contributed by atoms with Crippen LogP contribution in [0.25, 0.3) is 0 Å². The van der Waals surface area contributed by atoms with E-state index in [0.29, 0.717) is 0 Å². The molecule has 6 heavy (non-hydrogen) atoms. The third-order valence-electron chi connectivity index (χ3n) is 0. The number of carboxylic acid groups (broad SMARTS) is 1. The average molecular weight is 119 g/mol. The van der Waals surface area contributed by atoms with Crippen LogP contribution in [-0.4, -0.2) is 54.3 Å². The number of rotatable bonds is 0. The first-order chi connectivity index (χ1) is 1.73. The number of carboxylic acids is 1. The van der Waals surface area contributed by atoms with Crippen molar-refractivity contribution in [2.45, 2.75) is 0 Å². The summed E-state index contributed by atoms with van der Waals surface area (Å²) in [5.41, 5.74) is 0. The minimum atomic E-state index is -1.08. The Hall–Kier alpha value is 0.690. The van der Waals surface area contributed by atoms with Gasteiger partial charge in [-0.15, -0.1) is 0 Å². The molecule has 35 valence electrons. The Kier molecular flexibility index (Phi) is 24.4. The van der Waals surface area contributed by atoms with Crippen molar-refractivity contribution in [3.63, 3.8) is 0 Å². The zero-order valence-electron chi connectivity index (χ0n) is 2.56. The Bertz CT molecular complexity index is 31.8. The molecule has 0 aromatic rings. The van der Waals surface area contributed by atoms with Gasteiger partial charge in [0.1, 0.15) is 0 Å². The molecule has 0 rings (SSSR count). The van der Waals surface area contributed by atoms with Gasteiger partial charge in [0.2, 0.25) is 0 Å². The fourth-order valence-electron chi connectivity index (χ4n) is 0. The summed E-state index contributed by atoms with van der Waals surface area (Å²) < 4.78 is 0. The van der Waals surface area contributed by atoms with Crippen LogP contribution >= 0.6 is 0 Å². The minimum absolute atomic E-state index is 0. The molecule has 0 saturated heterocycles. The summed E-state index contributed by atoms with van der Waals surface area (Å²) in [7, 11) is 0. The molecule has 0 aliphatic carbocycles.